The van der Waals surface area contributed by atoms with E-state index < -0.39 is 0 Å². The molecule has 0 fully saturated rings. The normalized spacial score (nSPS) is 12.4. The molecule has 3 nitrogen and oxygen atoms in total. The lowest BCUT2D eigenvalue weighted by Crippen LogP contribution is -2.10. The van der Waals surface area contributed by atoms with Gasteiger partial charge in [-0.3, -0.25) is 0 Å². The van der Waals surface area contributed by atoms with E-state index in [-0.39, 0.29) is 6.04 Å². The Morgan fingerprint density at radius 2 is 1.81 bits per heavy atom. The predicted molar refractivity (Wildman–Crippen MR) is 64.8 cm³/mol. The highest BCUT2D eigenvalue weighted by Gasteiger charge is 2.11. The minimum Gasteiger partial charge on any atom is -0.323 e. The topological polar surface area (TPSA) is 51.8 Å². The molecular formula is C13H15N3. The maximum Gasteiger partial charge on any atom is 0.116 e. The molecule has 0 saturated heterocycles. The highest BCUT2D eigenvalue weighted by atomic mass is 14.9. The average molecular weight is 213 g/mol. The molecule has 2 N–H and O–H groups in total. The Bertz CT molecular complexity index is 478. The minimum atomic E-state index is -0.0644. The van der Waals surface area contributed by atoms with Crippen LogP contribution in [-0.4, -0.2) is 9.97 Å². The first-order valence-corrected chi connectivity index (χ1v) is 5.32. The van der Waals surface area contributed by atoms with Crippen LogP contribution >= 0.6 is 0 Å². The molecule has 1 atom stereocenters. The van der Waals surface area contributed by atoms with E-state index in [2.05, 4.69) is 9.97 Å². The summed E-state index contributed by atoms with van der Waals surface area (Å²) in [7, 11) is 0. The molecule has 0 saturated carbocycles. The van der Waals surface area contributed by atoms with Gasteiger partial charge in [-0.1, -0.05) is 30.3 Å². The summed E-state index contributed by atoms with van der Waals surface area (Å²) in [6.45, 7) is 3.95. The molecule has 0 aliphatic carbocycles. The van der Waals surface area contributed by atoms with Crippen molar-refractivity contribution in [2.45, 2.75) is 19.9 Å². The lowest BCUT2D eigenvalue weighted by Gasteiger charge is -2.11. The molecule has 16 heavy (non-hydrogen) atoms. The van der Waals surface area contributed by atoms with E-state index in [0.717, 1.165) is 22.5 Å². The third kappa shape index (κ3) is 1.95. The molecule has 1 heterocycles. The van der Waals surface area contributed by atoms with E-state index >= 15 is 0 Å². The molecule has 0 spiro atoms. The standard InChI is InChI=1S/C13H15N3/c1-9-12(10(2)14)15-8-16-13(9)11-6-4-3-5-7-11/h3-8,10H,14H2,1-2H3. The Morgan fingerprint density at radius 3 is 2.44 bits per heavy atom. The van der Waals surface area contributed by atoms with Crippen LogP contribution in [0.15, 0.2) is 36.7 Å². The lowest BCUT2D eigenvalue weighted by molar-refractivity contribution is 0.765. The van der Waals surface area contributed by atoms with Gasteiger partial charge in [-0.25, -0.2) is 9.97 Å². The van der Waals surface area contributed by atoms with Gasteiger partial charge in [-0.05, 0) is 19.4 Å². The van der Waals surface area contributed by atoms with Crippen LogP contribution in [0.5, 0.6) is 0 Å². The van der Waals surface area contributed by atoms with E-state index in [1.807, 2.05) is 44.2 Å². The fourth-order valence-corrected chi connectivity index (χ4v) is 1.81. The molecule has 1 unspecified atom stereocenters. The maximum atomic E-state index is 5.87. The summed E-state index contributed by atoms with van der Waals surface area (Å²) in [5, 5.41) is 0. The molecule has 0 radical (unpaired) electrons. The van der Waals surface area contributed by atoms with Crippen molar-refractivity contribution >= 4 is 0 Å². The molecule has 1 aromatic carbocycles. The highest BCUT2D eigenvalue weighted by molar-refractivity contribution is 5.63. The summed E-state index contributed by atoms with van der Waals surface area (Å²) in [6.07, 6.45) is 1.58. The third-order valence-corrected chi connectivity index (χ3v) is 2.60. The van der Waals surface area contributed by atoms with E-state index in [1.165, 1.54) is 0 Å². The summed E-state index contributed by atoms with van der Waals surface area (Å²) in [4.78, 5) is 8.55. The first kappa shape index (κ1) is 10.8. The number of benzene rings is 1. The lowest BCUT2D eigenvalue weighted by atomic mass is 10.0. The van der Waals surface area contributed by atoms with Crippen molar-refractivity contribution in [1.82, 2.24) is 9.97 Å². The Morgan fingerprint density at radius 1 is 1.12 bits per heavy atom. The zero-order valence-electron chi connectivity index (χ0n) is 9.51. The van der Waals surface area contributed by atoms with Crippen molar-refractivity contribution in [3.8, 4) is 11.3 Å². The minimum absolute atomic E-state index is 0.0644. The van der Waals surface area contributed by atoms with Crippen molar-refractivity contribution in [2.75, 3.05) is 0 Å². The third-order valence-electron chi connectivity index (χ3n) is 2.60. The van der Waals surface area contributed by atoms with Crippen LogP contribution in [0.2, 0.25) is 0 Å². The van der Waals surface area contributed by atoms with Crippen LogP contribution in [0, 0.1) is 6.92 Å². The van der Waals surface area contributed by atoms with Gasteiger partial charge in [0, 0.05) is 11.6 Å². The number of aromatic nitrogens is 2. The number of nitrogens with two attached hydrogens (primary N) is 1. The Hall–Kier alpha value is -1.74. The Kier molecular flexibility index (Phi) is 2.97. The molecule has 3 heteroatoms. The second-order valence-electron chi connectivity index (χ2n) is 3.89. The molecule has 2 rings (SSSR count). The first-order valence-electron chi connectivity index (χ1n) is 5.32. The van der Waals surface area contributed by atoms with Gasteiger partial charge in [0.15, 0.2) is 0 Å². The number of hydrogen-bond donors (Lipinski definition) is 1. The van der Waals surface area contributed by atoms with Gasteiger partial charge in [0.05, 0.1) is 11.4 Å². The number of nitrogens with zero attached hydrogens (tertiary/aromatic N) is 2. The van der Waals surface area contributed by atoms with E-state index in [4.69, 9.17) is 5.73 Å². The molecular weight excluding hydrogens is 198 g/mol. The van der Waals surface area contributed by atoms with Crippen molar-refractivity contribution < 1.29 is 0 Å². The fraction of sp³-hybridized carbons (Fsp3) is 0.231. The second-order valence-corrected chi connectivity index (χ2v) is 3.89. The SMILES string of the molecule is Cc1c(-c2ccccc2)ncnc1C(C)N. The van der Waals surface area contributed by atoms with Gasteiger partial charge >= 0.3 is 0 Å². The van der Waals surface area contributed by atoms with E-state index in [1.54, 1.807) is 6.33 Å². The maximum absolute atomic E-state index is 5.87. The summed E-state index contributed by atoms with van der Waals surface area (Å²) in [6, 6.07) is 10.0. The van der Waals surface area contributed by atoms with Crippen molar-refractivity contribution in [3.05, 3.63) is 47.9 Å². The molecule has 0 bridgehead atoms. The van der Waals surface area contributed by atoms with Crippen molar-refractivity contribution in [3.63, 3.8) is 0 Å². The molecule has 82 valence electrons. The second kappa shape index (κ2) is 4.41. The molecule has 0 aliphatic rings. The van der Waals surface area contributed by atoms with Gasteiger partial charge in [0.2, 0.25) is 0 Å². The van der Waals surface area contributed by atoms with Gasteiger partial charge in [-0.15, -0.1) is 0 Å². The van der Waals surface area contributed by atoms with Crippen LogP contribution in [-0.2, 0) is 0 Å². The average Bonchev–Trinajstić information content (AvgIpc) is 2.30. The molecule has 1 aromatic heterocycles. The fourth-order valence-electron chi connectivity index (χ4n) is 1.81. The van der Waals surface area contributed by atoms with Crippen LogP contribution in [0.25, 0.3) is 11.3 Å². The summed E-state index contributed by atoms with van der Waals surface area (Å²) >= 11 is 0. The zero-order valence-corrected chi connectivity index (χ0v) is 9.51. The smallest absolute Gasteiger partial charge is 0.116 e. The van der Waals surface area contributed by atoms with Gasteiger partial charge in [0.1, 0.15) is 6.33 Å². The van der Waals surface area contributed by atoms with Crippen molar-refractivity contribution in [2.24, 2.45) is 5.73 Å². The van der Waals surface area contributed by atoms with Gasteiger partial charge in [-0.2, -0.15) is 0 Å². The number of rotatable bonds is 2. The molecule has 0 aliphatic heterocycles. The van der Waals surface area contributed by atoms with Crippen LogP contribution in [0.1, 0.15) is 24.2 Å². The summed E-state index contributed by atoms with van der Waals surface area (Å²) in [5.74, 6) is 0. The van der Waals surface area contributed by atoms with Crippen molar-refractivity contribution in [1.29, 1.82) is 0 Å². The predicted octanol–water partition coefficient (Wildman–Crippen LogP) is 2.47. The number of hydrogen-bond acceptors (Lipinski definition) is 3. The van der Waals surface area contributed by atoms with Crippen LogP contribution in [0.3, 0.4) is 0 Å². The summed E-state index contributed by atoms with van der Waals surface area (Å²) in [5.41, 5.74) is 9.90. The largest absolute Gasteiger partial charge is 0.323 e. The van der Waals surface area contributed by atoms with Crippen LogP contribution in [0.4, 0.5) is 0 Å². The first-order chi connectivity index (χ1) is 7.70. The van der Waals surface area contributed by atoms with Crippen LogP contribution < -0.4 is 5.73 Å². The highest BCUT2D eigenvalue weighted by Crippen LogP contribution is 2.23. The Balaban J connectivity index is 2.55. The zero-order chi connectivity index (χ0) is 11.5. The Labute approximate surface area is 95.4 Å². The molecule has 0 amide bonds. The monoisotopic (exact) mass is 213 g/mol. The molecule has 2 aromatic rings. The quantitative estimate of drug-likeness (QED) is 0.833. The van der Waals surface area contributed by atoms with Gasteiger partial charge in [0.25, 0.3) is 0 Å². The van der Waals surface area contributed by atoms with E-state index in [0.29, 0.717) is 0 Å². The summed E-state index contributed by atoms with van der Waals surface area (Å²) < 4.78 is 0. The van der Waals surface area contributed by atoms with E-state index in [9.17, 15) is 0 Å². The van der Waals surface area contributed by atoms with Gasteiger partial charge < -0.3 is 5.73 Å².